The molecule has 0 radical (unpaired) electrons. The van der Waals surface area contributed by atoms with E-state index in [0.29, 0.717) is 17.5 Å². The summed E-state index contributed by atoms with van der Waals surface area (Å²) in [6, 6.07) is 0. The highest BCUT2D eigenvalue weighted by Crippen LogP contribution is 2.14. The summed E-state index contributed by atoms with van der Waals surface area (Å²) >= 11 is 1.35. The fourth-order valence-corrected chi connectivity index (χ4v) is 2.12. The number of thioether (sulfide) groups is 1. The predicted octanol–water partition coefficient (Wildman–Crippen LogP) is 0.0808. The SMILES string of the molecule is CCCn1c(SCC(O)COC)n[nH]c1=O. The van der Waals surface area contributed by atoms with Gasteiger partial charge in [-0.2, -0.15) is 0 Å². The smallest absolute Gasteiger partial charge is 0.343 e. The van der Waals surface area contributed by atoms with Crippen LogP contribution in [0.3, 0.4) is 0 Å². The average molecular weight is 247 g/mol. The van der Waals surface area contributed by atoms with E-state index in [2.05, 4.69) is 10.2 Å². The van der Waals surface area contributed by atoms with E-state index >= 15 is 0 Å². The molecule has 6 nitrogen and oxygen atoms in total. The molecule has 1 rings (SSSR count). The maximum atomic E-state index is 11.3. The first-order valence-corrected chi connectivity index (χ1v) is 6.12. The summed E-state index contributed by atoms with van der Waals surface area (Å²) in [5.41, 5.74) is -0.203. The molecule has 2 N–H and O–H groups in total. The van der Waals surface area contributed by atoms with Crippen molar-refractivity contribution in [1.29, 1.82) is 0 Å². The zero-order chi connectivity index (χ0) is 12.0. The van der Waals surface area contributed by atoms with Crippen molar-refractivity contribution in [1.82, 2.24) is 14.8 Å². The molecule has 0 bridgehead atoms. The molecule has 0 saturated heterocycles. The van der Waals surface area contributed by atoms with E-state index in [1.165, 1.54) is 18.9 Å². The van der Waals surface area contributed by atoms with Crippen molar-refractivity contribution >= 4 is 11.8 Å². The minimum absolute atomic E-state index is 0.203. The van der Waals surface area contributed by atoms with E-state index in [1.54, 1.807) is 4.57 Å². The zero-order valence-electron chi connectivity index (χ0n) is 9.47. The lowest BCUT2D eigenvalue weighted by atomic mass is 10.4. The van der Waals surface area contributed by atoms with Crippen LogP contribution in [0.2, 0.25) is 0 Å². The van der Waals surface area contributed by atoms with Crippen molar-refractivity contribution in [2.24, 2.45) is 0 Å². The van der Waals surface area contributed by atoms with Crippen LogP contribution in [0.25, 0.3) is 0 Å². The Hall–Kier alpha value is -0.790. The first-order chi connectivity index (χ1) is 7.69. The number of aromatic amines is 1. The largest absolute Gasteiger partial charge is 0.390 e. The fraction of sp³-hybridized carbons (Fsp3) is 0.778. The Balaban J connectivity index is 2.56. The Bertz CT molecular complexity index is 363. The fourth-order valence-electron chi connectivity index (χ4n) is 1.25. The van der Waals surface area contributed by atoms with Gasteiger partial charge in [0.2, 0.25) is 0 Å². The van der Waals surface area contributed by atoms with E-state index in [0.717, 1.165) is 6.42 Å². The summed E-state index contributed by atoms with van der Waals surface area (Å²) in [5.74, 6) is 0.460. The van der Waals surface area contributed by atoms with Crippen LogP contribution in [-0.4, -0.2) is 45.4 Å². The van der Waals surface area contributed by atoms with E-state index in [9.17, 15) is 9.90 Å². The molecule has 1 heterocycles. The van der Waals surface area contributed by atoms with Crippen LogP contribution in [0.4, 0.5) is 0 Å². The Labute approximate surface area is 98.0 Å². The summed E-state index contributed by atoms with van der Waals surface area (Å²) in [5, 5.41) is 16.4. The number of aliphatic hydroxyl groups excluding tert-OH is 1. The van der Waals surface area contributed by atoms with Gasteiger partial charge in [0.1, 0.15) is 0 Å². The van der Waals surface area contributed by atoms with Crippen LogP contribution in [0.1, 0.15) is 13.3 Å². The van der Waals surface area contributed by atoms with E-state index in [4.69, 9.17) is 4.74 Å². The second-order valence-corrected chi connectivity index (χ2v) is 4.37. The van der Waals surface area contributed by atoms with Crippen molar-refractivity contribution in [3.8, 4) is 0 Å². The molecule has 0 saturated carbocycles. The molecule has 92 valence electrons. The number of aliphatic hydroxyl groups is 1. The van der Waals surface area contributed by atoms with Crippen molar-refractivity contribution in [2.45, 2.75) is 31.1 Å². The molecule has 0 aromatic carbocycles. The molecular weight excluding hydrogens is 230 g/mol. The minimum atomic E-state index is -0.545. The molecule has 1 atom stereocenters. The standard InChI is InChI=1S/C9H17N3O3S/c1-3-4-12-8(14)10-11-9(12)16-6-7(13)5-15-2/h7,13H,3-6H2,1-2H3,(H,10,14). The lowest BCUT2D eigenvalue weighted by molar-refractivity contribution is 0.0793. The molecule has 1 aromatic rings. The number of nitrogens with one attached hydrogen (secondary N) is 1. The summed E-state index contributed by atoms with van der Waals surface area (Å²) in [6.07, 6.45) is 0.324. The summed E-state index contributed by atoms with van der Waals surface area (Å²) in [6.45, 7) is 2.92. The van der Waals surface area contributed by atoms with Gasteiger partial charge in [0.15, 0.2) is 5.16 Å². The topological polar surface area (TPSA) is 80.1 Å². The molecule has 0 aliphatic heterocycles. The lowest BCUT2D eigenvalue weighted by Crippen LogP contribution is -2.19. The molecule has 0 fully saturated rings. The number of ether oxygens (including phenoxy) is 1. The predicted molar refractivity (Wildman–Crippen MR) is 61.7 cm³/mol. The first kappa shape index (κ1) is 13.3. The molecule has 0 amide bonds. The molecule has 1 unspecified atom stereocenters. The lowest BCUT2D eigenvalue weighted by Gasteiger charge is -2.08. The van der Waals surface area contributed by atoms with E-state index in [1.807, 2.05) is 6.92 Å². The van der Waals surface area contributed by atoms with Gasteiger partial charge in [-0.15, -0.1) is 5.10 Å². The quantitative estimate of drug-likeness (QED) is 0.667. The highest BCUT2D eigenvalue weighted by molar-refractivity contribution is 7.99. The van der Waals surface area contributed by atoms with Gasteiger partial charge in [0.25, 0.3) is 0 Å². The van der Waals surface area contributed by atoms with Crippen molar-refractivity contribution < 1.29 is 9.84 Å². The first-order valence-electron chi connectivity index (χ1n) is 5.14. The second-order valence-electron chi connectivity index (χ2n) is 3.38. The average Bonchev–Trinajstić information content (AvgIpc) is 2.59. The molecular formula is C9H17N3O3S. The van der Waals surface area contributed by atoms with Gasteiger partial charge in [-0.3, -0.25) is 4.57 Å². The normalized spacial score (nSPS) is 12.9. The summed E-state index contributed by atoms with van der Waals surface area (Å²) in [7, 11) is 1.54. The van der Waals surface area contributed by atoms with Crippen LogP contribution in [0.5, 0.6) is 0 Å². The summed E-state index contributed by atoms with van der Waals surface area (Å²) in [4.78, 5) is 11.3. The number of H-pyrrole nitrogens is 1. The molecule has 1 aromatic heterocycles. The number of rotatable bonds is 7. The van der Waals surface area contributed by atoms with Gasteiger partial charge < -0.3 is 9.84 Å². The Morgan fingerprint density at radius 2 is 2.44 bits per heavy atom. The Kier molecular flexibility index (Phi) is 5.58. The van der Waals surface area contributed by atoms with Crippen LogP contribution in [-0.2, 0) is 11.3 Å². The molecule has 0 aliphatic carbocycles. The van der Waals surface area contributed by atoms with Crippen LogP contribution in [0.15, 0.2) is 9.95 Å². The Morgan fingerprint density at radius 1 is 1.69 bits per heavy atom. The van der Waals surface area contributed by atoms with Crippen molar-refractivity contribution in [3.63, 3.8) is 0 Å². The molecule has 16 heavy (non-hydrogen) atoms. The highest BCUT2D eigenvalue weighted by atomic mass is 32.2. The van der Waals surface area contributed by atoms with Crippen LogP contribution < -0.4 is 5.69 Å². The maximum Gasteiger partial charge on any atom is 0.343 e. The van der Waals surface area contributed by atoms with Crippen molar-refractivity contribution in [2.75, 3.05) is 19.5 Å². The van der Waals surface area contributed by atoms with Gasteiger partial charge in [-0.1, -0.05) is 18.7 Å². The third-order valence-electron chi connectivity index (χ3n) is 1.93. The summed E-state index contributed by atoms with van der Waals surface area (Å²) < 4.78 is 6.39. The number of aromatic nitrogens is 3. The number of nitrogens with zero attached hydrogens (tertiary/aromatic N) is 2. The van der Waals surface area contributed by atoms with Gasteiger partial charge in [-0.05, 0) is 6.42 Å². The Morgan fingerprint density at radius 3 is 3.06 bits per heavy atom. The molecule has 0 aliphatic rings. The number of hydrogen-bond acceptors (Lipinski definition) is 5. The van der Waals surface area contributed by atoms with Crippen LogP contribution >= 0.6 is 11.8 Å². The van der Waals surface area contributed by atoms with Gasteiger partial charge in [0, 0.05) is 19.4 Å². The maximum absolute atomic E-state index is 11.3. The third kappa shape index (κ3) is 3.66. The van der Waals surface area contributed by atoms with Gasteiger partial charge >= 0.3 is 5.69 Å². The van der Waals surface area contributed by atoms with Gasteiger partial charge in [-0.25, -0.2) is 9.89 Å². The zero-order valence-corrected chi connectivity index (χ0v) is 10.3. The monoisotopic (exact) mass is 247 g/mol. The molecule has 0 spiro atoms. The highest BCUT2D eigenvalue weighted by Gasteiger charge is 2.10. The number of methoxy groups -OCH3 is 1. The van der Waals surface area contributed by atoms with E-state index in [-0.39, 0.29) is 12.3 Å². The minimum Gasteiger partial charge on any atom is -0.390 e. The second kappa shape index (κ2) is 6.72. The number of hydrogen-bond donors (Lipinski definition) is 2. The van der Waals surface area contributed by atoms with Gasteiger partial charge in [0.05, 0.1) is 12.7 Å². The van der Waals surface area contributed by atoms with E-state index < -0.39 is 6.10 Å². The third-order valence-corrected chi connectivity index (χ3v) is 3.06. The van der Waals surface area contributed by atoms with Crippen LogP contribution in [0, 0.1) is 0 Å². The van der Waals surface area contributed by atoms with Crippen molar-refractivity contribution in [3.05, 3.63) is 10.5 Å². The molecule has 7 heteroatoms.